The molecule has 2 aromatic rings. The average molecular weight is 403 g/mol. The lowest BCUT2D eigenvalue weighted by molar-refractivity contribution is -0.385. The first-order valence-corrected chi connectivity index (χ1v) is 10.3. The smallest absolute Gasteiger partial charge is 0.270 e. The molecule has 1 aliphatic heterocycles. The van der Waals surface area contributed by atoms with Crippen LogP contribution < -0.4 is 5.32 Å². The van der Waals surface area contributed by atoms with Crippen LogP contribution in [0, 0.1) is 23.0 Å². The largest absolute Gasteiger partial charge is 0.326 e. The van der Waals surface area contributed by atoms with Gasteiger partial charge in [0.1, 0.15) is 0 Å². The van der Waals surface area contributed by atoms with Crippen LogP contribution in [-0.2, 0) is 14.8 Å². The number of benzene rings is 2. The van der Waals surface area contributed by atoms with Crippen molar-refractivity contribution in [2.75, 3.05) is 18.4 Å². The van der Waals surface area contributed by atoms with Crippen molar-refractivity contribution in [2.24, 2.45) is 5.92 Å². The molecule has 0 saturated carbocycles. The Hall–Kier alpha value is -2.78. The van der Waals surface area contributed by atoms with Crippen LogP contribution in [0.1, 0.15) is 18.4 Å². The van der Waals surface area contributed by atoms with E-state index in [2.05, 4.69) is 5.32 Å². The second-order valence-corrected chi connectivity index (χ2v) is 8.67. The Morgan fingerprint density at radius 3 is 2.61 bits per heavy atom. The van der Waals surface area contributed by atoms with Gasteiger partial charge in [0.05, 0.1) is 15.7 Å². The number of piperidine rings is 1. The predicted octanol–water partition coefficient (Wildman–Crippen LogP) is 2.94. The maximum absolute atomic E-state index is 13.1. The van der Waals surface area contributed by atoms with Crippen LogP contribution in [0.3, 0.4) is 0 Å². The van der Waals surface area contributed by atoms with E-state index in [0.29, 0.717) is 24.1 Å². The van der Waals surface area contributed by atoms with Gasteiger partial charge < -0.3 is 5.32 Å². The molecule has 0 aromatic heterocycles. The molecule has 1 amide bonds. The van der Waals surface area contributed by atoms with Crippen molar-refractivity contribution in [2.45, 2.75) is 24.7 Å². The van der Waals surface area contributed by atoms with Crippen molar-refractivity contribution in [1.29, 1.82) is 0 Å². The minimum Gasteiger partial charge on any atom is -0.326 e. The number of hydrogen-bond donors (Lipinski definition) is 1. The van der Waals surface area contributed by atoms with E-state index >= 15 is 0 Å². The molecule has 9 heteroatoms. The number of nitro benzene ring substituents is 1. The van der Waals surface area contributed by atoms with Gasteiger partial charge in [0.25, 0.3) is 5.69 Å². The molecule has 1 N–H and O–H groups in total. The summed E-state index contributed by atoms with van der Waals surface area (Å²) in [4.78, 5) is 22.9. The summed E-state index contributed by atoms with van der Waals surface area (Å²) in [7, 11) is -3.94. The average Bonchev–Trinajstić information content (AvgIpc) is 2.69. The second-order valence-electron chi connectivity index (χ2n) is 6.76. The number of carbonyl (C=O) groups excluding carboxylic acids is 1. The summed E-state index contributed by atoms with van der Waals surface area (Å²) < 4.78 is 27.4. The standard InChI is InChI=1S/C19H21N3O5S/c1-14-9-10-17(22(24)25)12-18(14)28(26,27)21-11-5-6-15(13-21)19(23)20-16-7-3-2-4-8-16/h2-4,7-10,12,15H,5-6,11,13H2,1H3,(H,20,23). The van der Waals surface area contributed by atoms with Crippen molar-refractivity contribution in [3.63, 3.8) is 0 Å². The van der Waals surface area contributed by atoms with E-state index in [9.17, 15) is 23.3 Å². The SMILES string of the molecule is Cc1ccc([N+](=O)[O-])cc1S(=O)(=O)N1CCCC(C(=O)Nc2ccccc2)C1. The van der Waals surface area contributed by atoms with Gasteiger partial charge in [-0.3, -0.25) is 14.9 Å². The Bertz CT molecular complexity index is 992. The maximum Gasteiger partial charge on any atom is 0.270 e. The molecule has 2 aromatic carbocycles. The van der Waals surface area contributed by atoms with E-state index < -0.39 is 20.9 Å². The third-order valence-electron chi connectivity index (χ3n) is 4.80. The Labute approximate surface area is 163 Å². The van der Waals surface area contributed by atoms with Crippen LogP contribution in [0.5, 0.6) is 0 Å². The number of sulfonamides is 1. The van der Waals surface area contributed by atoms with Crippen molar-refractivity contribution < 1.29 is 18.1 Å². The fourth-order valence-electron chi connectivity index (χ4n) is 3.26. The maximum atomic E-state index is 13.1. The Morgan fingerprint density at radius 2 is 1.93 bits per heavy atom. The van der Waals surface area contributed by atoms with Crippen molar-refractivity contribution in [1.82, 2.24) is 4.31 Å². The van der Waals surface area contributed by atoms with E-state index in [1.807, 2.05) is 6.07 Å². The molecule has 1 unspecified atom stereocenters. The topological polar surface area (TPSA) is 110 Å². The molecule has 8 nitrogen and oxygen atoms in total. The first kappa shape index (κ1) is 20.0. The van der Waals surface area contributed by atoms with Gasteiger partial charge in [-0.25, -0.2) is 8.42 Å². The Morgan fingerprint density at radius 1 is 1.21 bits per heavy atom. The van der Waals surface area contributed by atoms with E-state index in [1.54, 1.807) is 31.2 Å². The molecule has 0 spiro atoms. The number of aryl methyl sites for hydroxylation is 1. The van der Waals surface area contributed by atoms with Crippen molar-refractivity contribution in [3.8, 4) is 0 Å². The highest BCUT2D eigenvalue weighted by molar-refractivity contribution is 7.89. The highest BCUT2D eigenvalue weighted by Gasteiger charge is 2.34. The van der Waals surface area contributed by atoms with Crippen LogP contribution in [0.15, 0.2) is 53.4 Å². The van der Waals surface area contributed by atoms with Gasteiger partial charge in [-0.1, -0.05) is 24.3 Å². The molecule has 0 bridgehead atoms. The number of rotatable bonds is 5. The van der Waals surface area contributed by atoms with Gasteiger partial charge in [-0.2, -0.15) is 4.31 Å². The number of nitrogens with zero attached hydrogens (tertiary/aromatic N) is 2. The van der Waals surface area contributed by atoms with Crippen LogP contribution in [0.2, 0.25) is 0 Å². The van der Waals surface area contributed by atoms with Gasteiger partial charge >= 0.3 is 0 Å². The number of nitrogens with one attached hydrogen (secondary N) is 1. The third kappa shape index (κ3) is 4.20. The number of amides is 1. The highest BCUT2D eigenvalue weighted by Crippen LogP contribution is 2.28. The number of carbonyl (C=O) groups is 1. The number of non-ortho nitro benzene ring substituents is 1. The lowest BCUT2D eigenvalue weighted by atomic mass is 9.99. The summed E-state index contributed by atoms with van der Waals surface area (Å²) in [6.07, 6.45) is 1.12. The predicted molar refractivity (Wildman–Crippen MR) is 104 cm³/mol. The first-order valence-electron chi connectivity index (χ1n) is 8.90. The molecule has 1 heterocycles. The molecule has 3 rings (SSSR count). The van der Waals surface area contributed by atoms with Gasteiger partial charge in [-0.15, -0.1) is 0 Å². The molecule has 1 atom stereocenters. The zero-order valence-corrected chi connectivity index (χ0v) is 16.2. The molecule has 1 saturated heterocycles. The van der Waals surface area contributed by atoms with E-state index in [0.717, 1.165) is 6.07 Å². The zero-order chi connectivity index (χ0) is 20.3. The van der Waals surface area contributed by atoms with Crippen LogP contribution in [0.4, 0.5) is 11.4 Å². The first-order chi connectivity index (χ1) is 13.3. The Balaban J connectivity index is 1.80. The van der Waals surface area contributed by atoms with E-state index in [4.69, 9.17) is 0 Å². The molecule has 28 heavy (non-hydrogen) atoms. The second kappa shape index (κ2) is 8.07. The number of hydrogen-bond acceptors (Lipinski definition) is 5. The lowest BCUT2D eigenvalue weighted by Crippen LogP contribution is -2.43. The summed E-state index contributed by atoms with van der Waals surface area (Å²) in [6.45, 7) is 1.92. The minimum atomic E-state index is -3.94. The molecular formula is C19H21N3O5S. The molecule has 0 aliphatic carbocycles. The van der Waals surface area contributed by atoms with Gasteiger partial charge in [0, 0.05) is 30.9 Å². The zero-order valence-electron chi connectivity index (χ0n) is 15.4. The normalized spacial score (nSPS) is 17.8. The summed E-state index contributed by atoms with van der Waals surface area (Å²) in [5.74, 6) is -0.718. The van der Waals surface area contributed by atoms with Crippen molar-refractivity contribution >= 4 is 27.3 Å². The lowest BCUT2D eigenvalue weighted by Gasteiger charge is -2.31. The fraction of sp³-hybridized carbons (Fsp3) is 0.316. The summed E-state index contributed by atoms with van der Waals surface area (Å²) in [6, 6.07) is 12.8. The molecule has 0 radical (unpaired) electrons. The molecular weight excluding hydrogens is 382 g/mol. The monoisotopic (exact) mass is 403 g/mol. The quantitative estimate of drug-likeness (QED) is 0.610. The van der Waals surface area contributed by atoms with E-state index in [-0.39, 0.29) is 29.6 Å². The third-order valence-corrected chi connectivity index (χ3v) is 6.80. The van der Waals surface area contributed by atoms with Crippen LogP contribution in [0.25, 0.3) is 0 Å². The fourth-order valence-corrected chi connectivity index (χ4v) is 5.03. The summed E-state index contributed by atoms with van der Waals surface area (Å²) in [5.41, 5.74) is 0.808. The van der Waals surface area contributed by atoms with Gasteiger partial charge in [0.2, 0.25) is 15.9 Å². The number of nitro groups is 1. The molecule has 1 aliphatic rings. The van der Waals surface area contributed by atoms with Crippen LogP contribution >= 0.6 is 0 Å². The molecule has 1 fully saturated rings. The number of anilines is 1. The Kier molecular flexibility index (Phi) is 5.76. The van der Waals surface area contributed by atoms with Gasteiger partial charge in [-0.05, 0) is 37.5 Å². The van der Waals surface area contributed by atoms with Crippen molar-refractivity contribution in [3.05, 3.63) is 64.2 Å². The highest BCUT2D eigenvalue weighted by atomic mass is 32.2. The molecule has 148 valence electrons. The van der Waals surface area contributed by atoms with Crippen LogP contribution in [-0.4, -0.2) is 36.6 Å². The van der Waals surface area contributed by atoms with E-state index in [1.165, 1.54) is 16.4 Å². The summed E-state index contributed by atoms with van der Waals surface area (Å²) in [5, 5.41) is 13.8. The number of para-hydroxylation sites is 1. The summed E-state index contributed by atoms with van der Waals surface area (Å²) >= 11 is 0. The van der Waals surface area contributed by atoms with Gasteiger partial charge in [0.15, 0.2) is 0 Å². The minimum absolute atomic E-state index is 0.0448.